The van der Waals surface area contributed by atoms with E-state index in [0.29, 0.717) is 11.8 Å². The Balaban J connectivity index is 1.45. The number of fused-ring (bicyclic) bond motifs is 5. The van der Waals surface area contributed by atoms with Gasteiger partial charge in [-0.15, -0.1) is 13.9 Å². The van der Waals surface area contributed by atoms with Crippen LogP contribution in [0.15, 0.2) is 12.1 Å². The van der Waals surface area contributed by atoms with Gasteiger partial charge in [0.1, 0.15) is 11.1 Å². The van der Waals surface area contributed by atoms with Crippen molar-refractivity contribution < 1.29 is 31.4 Å². The molecule has 160 valence electrons. The first-order valence-electron chi connectivity index (χ1n) is 9.14. The van der Waals surface area contributed by atoms with Crippen LogP contribution in [0, 0.1) is 0 Å². The lowest BCUT2D eigenvalue weighted by Crippen LogP contribution is -2.61. The van der Waals surface area contributed by atoms with Crippen molar-refractivity contribution in [1.82, 2.24) is 24.9 Å². The topological polar surface area (TPSA) is 99.6 Å². The maximum atomic E-state index is 13.4. The summed E-state index contributed by atoms with van der Waals surface area (Å²) in [7, 11) is 0. The SMILES string of the molecule is Nc1nc2c3c(ccc2c2nc(CCNC4(C(F)(F)F)CCC4)nn12)OC(F)(F)O3. The molecule has 2 aromatic heterocycles. The maximum Gasteiger partial charge on any atom is 0.586 e. The number of nitrogens with one attached hydrogen (secondary N) is 1. The first kappa shape index (κ1) is 19.0. The fourth-order valence-electron chi connectivity index (χ4n) is 3.75. The largest absolute Gasteiger partial charge is 0.586 e. The number of alkyl halides is 5. The molecule has 2 aliphatic rings. The van der Waals surface area contributed by atoms with Crippen LogP contribution in [0.4, 0.5) is 27.9 Å². The zero-order valence-electron chi connectivity index (χ0n) is 15.3. The van der Waals surface area contributed by atoms with Gasteiger partial charge in [-0.3, -0.25) is 0 Å². The van der Waals surface area contributed by atoms with Crippen LogP contribution in [0.2, 0.25) is 0 Å². The first-order valence-corrected chi connectivity index (χ1v) is 9.14. The van der Waals surface area contributed by atoms with Crippen molar-refractivity contribution in [2.75, 3.05) is 12.3 Å². The number of hydrogen-bond donors (Lipinski definition) is 2. The molecule has 3 aromatic rings. The van der Waals surface area contributed by atoms with Crippen molar-refractivity contribution >= 4 is 22.5 Å². The lowest BCUT2D eigenvalue weighted by atomic mass is 9.76. The van der Waals surface area contributed by atoms with E-state index in [-0.39, 0.29) is 60.2 Å². The monoisotopic (exact) mass is 430 g/mol. The molecule has 1 aliphatic heterocycles. The van der Waals surface area contributed by atoms with Crippen LogP contribution >= 0.6 is 0 Å². The normalized spacial score (nSPS) is 19.4. The molecule has 0 atom stereocenters. The second-order valence-corrected chi connectivity index (χ2v) is 7.30. The average molecular weight is 430 g/mol. The van der Waals surface area contributed by atoms with Crippen molar-refractivity contribution in [3.05, 3.63) is 18.0 Å². The molecule has 0 unspecified atom stereocenters. The number of nitrogen functional groups attached to an aromatic ring is 1. The summed E-state index contributed by atoms with van der Waals surface area (Å²) in [5.74, 6) is -0.356. The van der Waals surface area contributed by atoms with E-state index < -0.39 is 18.0 Å². The zero-order chi connectivity index (χ0) is 21.3. The van der Waals surface area contributed by atoms with Crippen LogP contribution in [0.5, 0.6) is 11.5 Å². The summed E-state index contributed by atoms with van der Waals surface area (Å²) < 4.78 is 76.7. The summed E-state index contributed by atoms with van der Waals surface area (Å²) in [4.78, 5) is 8.38. The molecule has 0 amide bonds. The molecule has 3 heterocycles. The van der Waals surface area contributed by atoms with Crippen LogP contribution < -0.4 is 20.5 Å². The number of halogens is 5. The summed E-state index contributed by atoms with van der Waals surface area (Å²) in [6.45, 7) is 0.0141. The molecule has 1 fully saturated rings. The van der Waals surface area contributed by atoms with Crippen molar-refractivity contribution in [3.63, 3.8) is 0 Å². The standard InChI is InChI=1S/C17H15F5N6O2/c18-16(19,20)15(5-1-6-15)24-7-4-10-25-13-8-2-3-9-12(30-17(21,22)29-9)11(8)26-14(23)28(13)27-10/h2-3,24H,1,4-7H2,(H2,23,26). The summed E-state index contributed by atoms with van der Waals surface area (Å²) >= 11 is 0. The lowest BCUT2D eigenvalue weighted by molar-refractivity contribution is -0.286. The van der Waals surface area contributed by atoms with E-state index in [4.69, 9.17) is 5.73 Å². The van der Waals surface area contributed by atoms with E-state index in [9.17, 15) is 22.0 Å². The third kappa shape index (κ3) is 2.79. The Morgan fingerprint density at radius 3 is 2.60 bits per heavy atom. The van der Waals surface area contributed by atoms with Crippen LogP contribution in [0.3, 0.4) is 0 Å². The molecule has 0 bridgehead atoms. The number of rotatable bonds is 4. The molecule has 1 saturated carbocycles. The Bertz CT molecular complexity index is 1160. The van der Waals surface area contributed by atoms with E-state index >= 15 is 0 Å². The van der Waals surface area contributed by atoms with Gasteiger partial charge in [-0.05, 0) is 31.4 Å². The summed E-state index contributed by atoms with van der Waals surface area (Å²) in [5.41, 5.74) is 4.28. The predicted molar refractivity (Wildman–Crippen MR) is 93.2 cm³/mol. The summed E-state index contributed by atoms with van der Waals surface area (Å²) in [5, 5.41) is 7.10. The van der Waals surface area contributed by atoms with Crippen molar-refractivity contribution in [2.45, 2.75) is 43.7 Å². The Labute approximate surface area is 165 Å². The van der Waals surface area contributed by atoms with Gasteiger partial charge in [0.2, 0.25) is 5.95 Å². The highest BCUT2D eigenvalue weighted by atomic mass is 19.4. The molecule has 30 heavy (non-hydrogen) atoms. The van der Waals surface area contributed by atoms with Gasteiger partial charge in [0.05, 0.1) is 0 Å². The second kappa shape index (κ2) is 6.03. The van der Waals surface area contributed by atoms with Gasteiger partial charge < -0.3 is 20.5 Å². The molecule has 1 aliphatic carbocycles. The molecule has 3 N–H and O–H groups in total. The van der Waals surface area contributed by atoms with Gasteiger partial charge in [0, 0.05) is 18.4 Å². The maximum absolute atomic E-state index is 13.4. The van der Waals surface area contributed by atoms with Crippen molar-refractivity contribution in [2.24, 2.45) is 0 Å². The molecular formula is C17H15F5N6O2. The molecule has 5 rings (SSSR count). The van der Waals surface area contributed by atoms with Crippen molar-refractivity contribution in [3.8, 4) is 11.5 Å². The Morgan fingerprint density at radius 2 is 1.93 bits per heavy atom. The van der Waals surface area contributed by atoms with Gasteiger partial charge in [-0.1, -0.05) is 0 Å². The minimum Gasteiger partial charge on any atom is -0.395 e. The molecule has 0 saturated heterocycles. The summed E-state index contributed by atoms with van der Waals surface area (Å²) in [6, 6.07) is 2.75. The minimum atomic E-state index is -4.33. The quantitative estimate of drug-likeness (QED) is 0.614. The highest BCUT2D eigenvalue weighted by Crippen LogP contribution is 2.46. The number of hydrogen-bond acceptors (Lipinski definition) is 7. The highest BCUT2D eigenvalue weighted by Gasteiger charge is 2.57. The third-order valence-electron chi connectivity index (χ3n) is 5.44. The van der Waals surface area contributed by atoms with Gasteiger partial charge in [0.25, 0.3) is 0 Å². The third-order valence-corrected chi connectivity index (χ3v) is 5.44. The summed E-state index contributed by atoms with van der Waals surface area (Å²) in [6.07, 6.45) is -7.44. The molecule has 8 nitrogen and oxygen atoms in total. The minimum absolute atomic E-state index is 0.0141. The molecule has 0 spiro atoms. The van der Waals surface area contributed by atoms with Crippen LogP contribution in [-0.2, 0) is 6.42 Å². The fraction of sp³-hybridized carbons (Fsp3) is 0.471. The van der Waals surface area contributed by atoms with E-state index in [1.165, 1.54) is 16.6 Å². The number of nitrogens with zero attached hydrogens (tertiary/aromatic N) is 4. The predicted octanol–water partition coefficient (Wildman–Crippen LogP) is 2.80. The molecule has 13 heteroatoms. The number of benzene rings is 1. The lowest BCUT2D eigenvalue weighted by Gasteiger charge is -2.43. The van der Waals surface area contributed by atoms with E-state index in [1.807, 2.05) is 0 Å². The Morgan fingerprint density at radius 1 is 1.17 bits per heavy atom. The van der Waals surface area contributed by atoms with Crippen LogP contribution in [0.1, 0.15) is 25.1 Å². The second-order valence-electron chi connectivity index (χ2n) is 7.30. The molecular weight excluding hydrogens is 415 g/mol. The number of anilines is 1. The van der Waals surface area contributed by atoms with E-state index in [1.54, 1.807) is 0 Å². The highest BCUT2D eigenvalue weighted by molar-refractivity contribution is 5.97. The van der Waals surface area contributed by atoms with E-state index in [0.717, 1.165) is 0 Å². The average Bonchev–Trinajstić information content (AvgIpc) is 3.16. The number of nitrogens with two attached hydrogens (primary N) is 1. The van der Waals surface area contributed by atoms with Crippen LogP contribution in [0.25, 0.3) is 16.6 Å². The van der Waals surface area contributed by atoms with Gasteiger partial charge >= 0.3 is 12.5 Å². The van der Waals surface area contributed by atoms with Crippen LogP contribution in [-0.4, -0.2) is 44.1 Å². The Hall–Kier alpha value is -2.96. The van der Waals surface area contributed by atoms with Gasteiger partial charge in [0.15, 0.2) is 23.0 Å². The van der Waals surface area contributed by atoms with Crippen molar-refractivity contribution in [1.29, 1.82) is 0 Å². The molecule has 1 aromatic carbocycles. The molecule has 0 radical (unpaired) electrons. The van der Waals surface area contributed by atoms with Gasteiger partial charge in [-0.25, -0.2) is 9.97 Å². The Kier molecular flexibility index (Phi) is 3.82. The van der Waals surface area contributed by atoms with E-state index in [2.05, 4.69) is 29.9 Å². The zero-order valence-corrected chi connectivity index (χ0v) is 15.3. The first-order chi connectivity index (χ1) is 14.1. The van der Waals surface area contributed by atoms with Gasteiger partial charge in [-0.2, -0.15) is 17.7 Å². The fourth-order valence-corrected chi connectivity index (χ4v) is 3.75. The number of aromatic nitrogens is 4. The smallest absolute Gasteiger partial charge is 0.395 e. The number of ether oxygens (including phenoxy) is 2.